The van der Waals surface area contributed by atoms with Gasteiger partial charge in [0.1, 0.15) is 11.6 Å². The highest BCUT2D eigenvalue weighted by atomic mass is 16.5. The zero-order chi connectivity index (χ0) is 29.5. The van der Waals surface area contributed by atoms with Crippen molar-refractivity contribution in [2.24, 2.45) is 17.8 Å². The molecule has 6 atom stereocenters. The molecule has 1 spiro atoms. The van der Waals surface area contributed by atoms with Gasteiger partial charge in [-0.05, 0) is 50.5 Å². The maximum atomic E-state index is 14.6. The Kier molecular flexibility index (Phi) is 8.30. The molecule has 1 aromatic rings. The zero-order valence-electron chi connectivity index (χ0n) is 24.9. The zero-order valence-corrected chi connectivity index (χ0v) is 24.9. The molecule has 0 bridgehead atoms. The van der Waals surface area contributed by atoms with Crippen molar-refractivity contribution in [3.8, 4) is 0 Å². The van der Waals surface area contributed by atoms with Crippen LogP contribution in [0.4, 0.5) is 11.4 Å². The predicted octanol–water partition coefficient (Wildman–Crippen LogP) is 2.84. The number of anilines is 2. The maximum absolute atomic E-state index is 14.6. The van der Waals surface area contributed by atoms with Gasteiger partial charge in [-0.25, -0.2) is 0 Å². The van der Waals surface area contributed by atoms with E-state index in [4.69, 9.17) is 4.74 Å². The summed E-state index contributed by atoms with van der Waals surface area (Å²) in [5, 5.41) is 10.5. The Bertz CT molecular complexity index is 1210. The summed E-state index contributed by atoms with van der Waals surface area (Å²) in [4.78, 5) is 50.2. The highest BCUT2D eigenvalue weighted by molar-refractivity contribution is 6.06. The summed E-state index contributed by atoms with van der Waals surface area (Å²) in [5.74, 6) is -2.38. The highest BCUT2D eigenvalue weighted by Crippen LogP contribution is 2.54. The number of aliphatic hydroxyl groups excluding tert-OH is 1. The van der Waals surface area contributed by atoms with Crippen LogP contribution in [0.3, 0.4) is 0 Å². The Labute approximate surface area is 243 Å². The van der Waals surface area contributed by atoms with Gasteiger partial charge in [0.15, 0.2) is 0 Å². The summed E-state index contributed by atoms with van der Waals surface area (Å²) >= 11 is 0. The van der Waals surface area contributed by atoms with Gasteiger partial charge in [-0.15, -0.1) is 0 Å². The second-order valence-electron chi connectivity index (χ2n) is 11.8. The first-order chi connectivity index (χ1) is 19.7. The van der Waals surface area contributed by atoms with Gasteiger partial charge in [-0.1, -0.05) is 45.1 Å². The van der Waals surface area contributed by atoms with Crippen LogP contribution in [0.5, 0.6) is 0 Å². The largest absolute Gasteiger partial charge is 0.394 e. The van der Waals surface area contributed by atoms with Crippen LogP contribution in [0.15, 0.2) is 48.6 Å². The van der Waals surface area contributed by atoms with Crippen LogP contribution < -0.4 is 9.80 Å². The minimum atomic E-state index is -1.31. The maximum Gasteiger partial charge on any atom is 0.253 e. The molecule has 2 saturated heterocycles. The molecule has 4 aliphatic rings. The lowest BCUT2D eigenvalue weighted by atomic mass is 9.77. The molecule has 9 nitrogen and oxygen atoms in total. The number of likely N-dealkylation sites (tertiary alicyclic amines) is 1. The molecule has 0 aromatic heterocycles. The van der Waals surface area contributed by atoms with Gasteiger partial charge in [0.05, 0.1) is 30.6 Å². The number of carbonyl (C=O) groups is 3. The lowest BCUT2D eigenvalue weighted by molar-refractivity contribution is -0.147. The average Bonchev–Trinajstić information content (AvgIpc) is 3.28. The van der Waals surface area contributed by atoms with E-state index >= 15 is 0 Å². The minimum Gasteiger partial charge on any atom is -0.394 e. The smallest absolute Gasteiger partial charge is 0.253 e. The second-order valence-corrected chi connectivity index (χ2v) is 11.8. The van der Waals surface area contributed by atoms with Crippen molar-refractivity contribution in [3.63, 3.8) is 0 Å². The molecule has 4 heterocycles. The number of benzene rings is 1. The van der Waals surface area contributed by atoms with Crippen molar-refractivity contribution in [1.82, 2.24) is 9.80 Å². The van der Waals surface area contributed by atoms with E-state index in [0.29, 0.717) is 19.6 Å². The molecule has 222 valence electrons. The fourth-order valence-corrected chi connectivity index (χ4v) is 7.24. The summed E-state index contributed by atoms with van der Waals surface area (Å²) < 4.78 is 6.73. The standard InChI is InChI=1S/C32H44N4O5/c1-6-17-34-18-9-11-25-26(29(34)38)27-30(39)36(24(20-37)21(4)5)28-31(40)35(19-10-16-32(27,28)41-25)23-14-12-22(13-15-23)33(7-2)8-3/h9-16,21,24-28,37H,6-8,17-20H2,1-5H3/t24-,25-,26+,27-,28?,32-/m0/s1. The van der Waals surface area contributed by atoms with Crippen molar-refractivity contribution in [1.29, 1.82) is 0 Å². The molecule has 4 aliphatic heterocycles. The van der Waals surface area contributed by atoms with Crippen LogP contribution in [-0.2, 0) is 19.1 Å². The van der Waals surface area contributed by atoms with Gasteiger partial charge in [0.25, 0.3) is 5.91 Å². The van der Waals surface area contributed by atoms with Crippen molar-refractivity contribution >= 4 is 29.1 Å². The Morgan fingerprint density at radius 2 is 1.71 bits per heavy atom. The number of amides is 3. The third-order valence-electron chi connectivity index (χ3n) is 9.28. The summed E-state index contributed by atoms with van der Waals surface area (Å²) in [6.07, 6.45) is 7.77. The predicted molar refractivity (Wildman–Crippen MR) is 158 cm³/mol. The minimum absolute atomic E-state index is 0.112. The molecule has 5 rings (SSSR count). The Balaban J connectivity index is 1.59. The number of hydrogen-bond donors (Lipinski definition) is 1. The van der Waals surface area contributed by atoms with Crippen LogP contribution in [0, 0.1) is 17.8 Å². The summed E-state index contributed by atoms with van der Waals surface area (Å²) in [5.41, 5.74) is 0.495. The van der Waals surface area contributed by atoms with Gasteiger partial charge < -0.3 is 29.4 Å². The number of carbonyl (C=O) groups excluding carboxylic acids is 3. The third-order valence-corrected chi connectivity index (χ3v) is 9.28. The van der Waals surface area contributed by atoms with Gasteiger partial charge >= 0.3 is 0 Å². The van der Waals surface area contributed by atoms with Crippen molar-refractivity contribution < 1.29 is 24.2 Å². The number of ether oxygens (including phenoxy) is 1. The van der Waals surface area contributed by atoms with Crippen molar-refractivity contribution in [3.05, 3.63) is 48.6 Å². The molecule has 1 unspecified atom stereocenters. The van der Waals surface area contributed by atoms with Crippen LogP contribution in [0.2, 0.25) is 0 Å². The first-order valence-corrected chi connectivity index (χ1v) is 15.1. The first kappa shape index (κ1) is 29.3. The molecule has 9 heteroatoms. The quantitative estimate of drug-likeness (QED) is 0.464. The number of hydrogen-bond acceptors (Lipinski definition) is 6. The molecule has 0 aliphatic carbocycles. The molecule has 41 heavy (non-hydrogen) atoms. The van der Waals surface area contributed by atoms with E-state index in [9.17, 15) is 19.5 Å². The van der Waals surface area contributed by atoms with E-state index in [2.05, 4.69) is 18.7 Å². The summed E-state index contributed by atoms with van der Waals surface area (Å²) in [6, 6.07) is 6.31. The molecule has 1 N–H and O–H groups in total. The monoisotopic (exact) mass is 564 g/mol. The van der Waals surface area contributed by atoms with E-state index in [1.54, 1.807) is 14.7 Å². The van der Waals surface area contributed by atoms with Crippen molar-refractivity contribution in [2.75, 3.05) is 49.1 Å². The normalized spacial score (nSPS) is 29.9. The number of nitrogens with zero attached hydrogens (tertiary/aromatic N) is 4. The van der Waals surface area contributed by atoms with E-state index in [0.717, 1.165) is 30.9 Å². The Morgan fingerprint density at radius 1 is 1.00 bits per heavy atom. The van der Waals surface area contributed by atoms with E-state index in [1.165, 1.54) is 0 Å². The third kappa shape index (κ3) is 4.67. The van der Waals surface area contributed by atoms with Gasteiger partial charge in [0, 0.05) is 44.1 Å². The molecule has 3 amide bonds. The van der Waals surface area contributed by atoms with Gasteiger partial charge in [-0.3, -0.25) is 14.4 Å². The molecule has 0 radical (unpaired) electrons. The average molecular weight is 565 g/mol. The summed E-state index contributed by atoms with van der Waals surface area (Å²) in [6.45, 7) is 12.9. The van der Waals surface area contributed by atoms with Crippen LogP contribution in [-0.4, -0.2) is 95.7 Å². The number of fused-ring (bicyclic) bond motifs is 2. The Morgan fingerprint density at radius 3 is 2.32 bits per heavy atom. The van der Waals surface area contributed by atoms with Gasteiger partial charge in [-0.2, -0.15) is 0 Å². The molecule has 0 saturated carbocycles. The van der Waals surface area contributed by atoms with E-state index in [1.807, 2.05) is 69.3 Å². The molecule has 1 aromatic carbocycles. The van der Waals surface area contributed by atoms with Crippen LogP contribution in [0.1, 0.15) is 41.0 Å². The van der Waals surface area contributed by atoms with Crippen LogP contribution in [0.25, 0.3) is 0 Å². The second kappa shape index (κ2) is 11.6. The molecular formula is C32H44N4O5. The summed E-state index contributed by atoms with van der Waals surface area (Å²) in [7, 11) is 0. The van der Waals surface area contributed by atoms with E-state index < -0.39 is 35.6 Å². The molecular weight excluding hydrogens is 520 g/mol. The van der Waals surface area contributed by atoms with Crippen LogP contribution >= 0.6 is 0 Å². The highest BCUT2D eigenvalue weighted by Gasteiger charge is 2.72. The molecule has 2 fully saturated rings. The number of rotatable bonds is 9. The fraction of sp³-hybridized carbons (Fsp3) is 0.594. The van der Waals surface area contributed by atoms with E-state index in [-0.39, 0.29) is 30.2 Å². The topological polar surface area (TPSA) is 93.6 Å². The first-order valence-electron chi connectivity index (χ1n) is 15.1. The van der Waals surface area contributed by atoms with Crippen molar-refractivity contribution in [2.45, 2.75) is 64.8 Å². The fourth-order valence-electron chi connectivity index (χ4n) is 7.24. The SMILES string of the molecule is CCCN1CC=C[C@@H]2O[C@]34C=CCN(c5ccc(N(CC)CC)cc5)C(=O)C3N([C@@H](CO)C(C)C)C(=O)[C@@H]4[C@@H]2C1=O. The lowest BCUT2D eigenvalue weighted by Crippen LogP contribution is -2.59. The van der Waals surface area contributed by atoms with Gasteiger partial charge in [0.2, 0.25) is 11.8 Å². The lowest BCUT2D eigenvalue weighted by Gasteiger charge is -2.39. The Hall–Kier alpha value is -3.17. The number of aliphatic hydroxyl groups is 1.